The van der Waals surface area contributed by atoms with Gasteiger partial charge in [-0.1, -0.05) is 12.3 Å². The van der Waals surface area contributed by atoms with Crippen molar-refractivity contribution >= 4 is 16.8 Å². The maximum Gasteiger partial charge on any atom is 0.296 e. The van der Waals surface area contributed by atoms with Crippen LogP contribution in [0.1, 0.15) is 55.3 Å². The Balaban J connectivity index is 2.03. The molecule has 1 heterocycles. The first-order valence-corrected chi connectivity index (χ1v) is 8.59. The third-order valence-electron chi connectivity index (χ3n) is 4.97. The maximum atomic E-state index is 14.7. The summed E-state index contributed by atoms with van der Waals surface area (Å²) < 4.78 is 28.9. The zero-order valence-electron chi connectivity index (χ0n) is 14.7. The number of nitrogens with one attached hydrogen (secondary N) is 2. The second-order valence-electron chi connectivity index (χ2n) is 6.65. The number of nitriles is 1. The normalized spacial score (nSPS) is 19.5. The highest BCUT2D eigenvalue weighted by molar-refractivity contribution is 5.93. The van der Waals surface area contributed by atoms with Gasteiger partial charge in [0, 0.05) is 28.8 Å². The smallest absolute Gasteiger partial charge is 0.296 e. The lowest BCUT2D eigenvalue weighted by molar-refractivity contribution is -0.116. The summed E-state index contributed by atoms with van der Waals surface area (Å²) in [5.74, 6) is 2.51. The fourth-order valence-electron chi connectivity index (χ4n) is 3.91. The number of fused-ring (bicyclic) bond motifs is 1. The van der Waals surface area contributed by atoms with Crippen LogP contribution in [-0.4, -0.2) is 16.9 Å². The maximum absolute atomic E-state index is 14.7. The van der Waals surface area contributed by atoms with Crippen LogP contribution in [0.15, 0.2) is 6.07 Å². The SMILES string of the molecule is CC#CC(=O)N[C@@H]1CCC[C@@H](c2c(F)c(F)cc3[nH]c(C)c(C#N)c23)C1. The van der Waals surface area contributed by atoms with Gasteiger partial charge in [-0.3, -0.25) is 4.79 Å². The Kier molecular flexibility index (Phi) is 4.95. The number of hydrogen-bond donors (Lipinski definition) is 2. The van der Waals surface area contributed by atoms with E-state index in [4.69, 9.17) is 0 Å². The highest BCUT2D eigenvalue weighted by atomic mass is 19.2. The Labute approximate surface area is 150 Å². The third-order valence-corrected chi connectivity index (χ3v) is 4.97. The van der Waals surface area contributed by atoms with Crippen molar-refractivity contribution in [2.45, 2.75) is 51.5 Å². The van der Waals surface area contributed by atoms with E-state index < -0.39 is 11.6 Å². The van der Waals surface area contributed by atoms with Crippen LogP contribution in [0.2, 0.25) is 0 Å². The number of aromatic nitrogens is 1. The second-order valence-corrected chi connectivity index (χ2v) is 6.65. The summed E-state index contributed by atoms with van der Waals surface area (Å²) in [6, 6.07) is 3.05. The lowest BCUT2D eigenvalue weighted by atomic mass is 9.79. The molecule has 0 bridgehead atoms. The molecule has 1 fully saturated rings. The molecule has 2 atom stereocenters. The van der Waals surface area contributed by atoms with E-state index >= 15 is 0 Å². The van der Waals surface area contributed by atoms with Gasteiger partial charge in [0.25, 0.3) is 5.91 Å². The molecule has 0 radical (unpaired) electrons. The number of H-pyrrole nitrogens is 1. The molecule has 3 rings (SSSR count). The highest BCUT2D eigenvalue weighted by Gasteiger charge is 2.30. The molecule has 0 spiro atoms. The number of aromatic amines is 1. The van der Waals surface area contributed by atoms with Crippen LogP contribution in [0, 0.1) is 41.7 Å². The fraction of sp³-hybridized carbons (Fsp3) is 0.400. The summed E-state index contributed by atoms with van der Waals surface area (Å²) in [6.45, 7) is 3.30. The van der Waals surface area contributed by atoms with Crippen molar-refractivity contribution in [2.75, 3.05) is 0 Å². The number of carbonyl (C=O) groups is 1. The van der Waals surface area contributed by atoms with E-state index in [-0.39, 0.29) is 23.4 Å². The first-order valence-electron chi connectivity index (χ1n) is 8.59. The molecule has 1 aromatic carbocycles. The summed E-state index contributed by atoms with van der Waals surface area (Å²) >= 11 is 0. The quantitative estimate of drug-likeness (QED) is 0.805. The number of halogens is 2. The summed E-state index contributed by atoms with van der Waals surface area (Å²) in [6.07, 6.45) is 2.71. The summed E-state index contributed by atoms with van der Waals surface area (Å²) in [5, 5.41) is 12.7. The van der Waals surface area contributed by atoms with Crippen molar-refractivity contribution in [1.82, 2.24) is 10.3 Å². The van der Waals surface area contributed by atoms with Crippen LogP contribution in [0.5, 0.6) is 0 Å². The van der Waals surface area contributed by atoms with Gasteiger partial charge in [0.15, 0.2) is 11.6 Å². The fourth-order valence-corrected chi connectivity index (χ4v) is 3.91. The largest absolute Gasteiger partial charge is 0.357 e. The minimum absolute atomic E-state index is 0.148. The van der Waals surface area contributed by atoms with E-state index in [1.807, 2.05) is 0 Å². The molecule has 26 heavy (non-hydrogen) atoms. The number of rotatable bonds is 2. The molecular weight excluding hydrogens is 336 g/mol. The Morgan fingerprint density at radius 1 is 1.38 bits per heavy atom. The predicted molar refractivity (Wildman–Crippen MR) is 94.3 cm³/mol. The number of aryl methyl sites for hydroxylation is 1. The first kappa shape index (κ1) is 17.9. The predicted octanol–water partition coefficient (Wildman–Crippen LogP) is 3.79. The van der Waals surface area contributed by atoms with Crippen molar-refractivity contribution < 1.29 is 13.6 Å². The number of carbonyl (C=O) groups excluding carboxylic acids is 1. The van der Waals surface area contributed by atoms with Gasteiger partial charge in [-0.05, 0) is 44.9 Å². The molecule has 0 aliphatic heterocycles. The van der Waals surface area contributed by atoms with Crippen molar-refractivity contribution in [2.24, 2.45) is 0 Å². The third kappa shape index (κ3) is 3.15. The van der Waals surface area contributed by atoms with Crippen molar-refractivity contribution in [1.29, 1.82) is 5.26 Å². The molecule has 6 heteroatoms. The minimum Gasteiger partial charge on any atom is -0.357 e. The van der Waals surface area contributed by atoms with E-state index in [0.717, 1.165) is 18.9 Å². The van der Waals surface area contributed by atoms with Gasteiger partial charge in [-0.2, -0.15) is 5.26 Å². The molecular formula is C20H19F2N3O. The van der Waals surface area contributed by atoms with Crippen molar-refractivity contribution in [3.8, 4) is 17.9 Å². The zero-order valence-corrected chi connectivity index (χ0v) is 14.7. The summed E-state index contributed by atoms with van der Waals surface area (Å²) in [4.78, 5) is 14.7. The molecule has 2 aromatic rings. The van der Waals surface area contributed by atoms with Gasteiger partial charge in [0.05, 0.1) is 11.1 Å². The van der Waals surface area contributed by atoms with Gasteiger partial charge < -0.3 is 10.3 Å². The van der Waals surface area contributed by atoms with E-state index in [1.54, 1.807) is 13.8 Å². The van der Waals surface area contributed by atoms with Crippen molar-refractivity contribution in [3.63, 3.8) is 0 Å². The Morgan fingerprint density at radius 2 is 2.15 bits per heavy atom. The van der Waals surface area contributed by atoms with Gasteiger partial charge in [0.1, 0.15) is 6.07 Å². The highest BCUT2D eigenvalue weighted by Crippen LogP contribution is 2.40. The van der Waals surface area contributed by atoms with Gasteiger partial charge in [-0.25, -0.2) is 8.78 Å². The molecule has 2 N–H and O–H groups in total. The molecule has 134 valence electrons. The van der Waals surface area contributed by atoms with Gasteiger partial charge >= 0.3 is 0 Å². The summed E-state index contributed by atoms with van der Waals surface area (Å²) in [5.41, 5.74) is 1.60. The standard InChI is InChI=1S/C20H19F2N3O/c1-3-5-17(26)25-13-7-4-6-12(8-13)18-19-14(10-23)11(2)24-16(19)9-15(21)20(18)22/h9,12-13,24H,4,6-8H2,1-2H3,(H,25,26)/t12-,13-/m1/s1. The Morgan fingerprint density at radius 3 is 2.85 bits per heavy atom. The van der Waals surface area contributed by atoms with Crippen LogP contribution in [0.3, 0.4) is 0 Å². The van der Waals surface area contributed by atoms with Crippen LogP contribution in [0.4, 0.5) is 8.78 Å². The number of amides is 1. The van der Waals surface area contributed by atoms with Crippen LogP contribution >= 0.6 is 0 Å². The molecule has 1 aromatic heterocycles. The van der Waals surface area contributed by atoms with Crippen LogP contribution in [-0.2, 0) is 4.79 Å². The molecule has 4 nitrogen and oxygen atoms in total. The lowest BCUT2D eigenvalue weighted by Crippen LogP contribution is -2.37. The number of hydrogen-bond acceptors (Lipinski definition) is 2. The molecule has 1 saturated carbocycles. The first-order chi connectivity index (χ1) is 12.5. The molecule has 1 aliphatic rings. The van der Waals surface area contributed by atoms with Gasteiger partial charge in [-0.15, -0.1) is 0 Å². The molecule has 1 aliphatic carbocycles. The number of benzene rings is 1. The van der Waals surface area contributed by atoms with E-state index in [2.05, 4.69) is 28.2 Å². The number of nitrogens with zero attached hydrogens (tertiary/aromatic N) is 1. The average molecular weight is 355 g/mol. The molecule has 0 unspecified atom stereocenters. The molecule has 1 amide bonds. The lowest BCUT2D eigenvalue weighted by Gasteiger charge is -2.30. The van der Waals surface area contributed by atoms with Crippen LogP contribution in [0.25, 0.3) is 10.9 Å². The summed E-state index contributed by atoms with van der Waals surface area (Å²) in [7, 11) is 0. The van der Waals surface area contributed by atoms with Crippen molar-refractivity contribution in [3.05, 3.63) is 34.5 Å². The minimum atomic E-state index is -0.929. The monoisotopic (exact) mass is 355 g/mol. The van der Waals surface area contributed by atoms with E-state index in [9.17, 15) is 18.8 Å². The Hall–Kier alpha value is -2.86. The Bertz CT molecular complexity index is 975. The topological polar surface area (TPSA) is 68.7 Å². The van der Waals surface area contributed by atoms with E-state index in [0.29, 0.717) is 35.0 Å². The van der Waals surface area contributed by atoms with E-state index in [1.165, 1.54) is 0 Å². The average Bonchev–Trinajstić information content (AvgIpc) is 2.90. The zero-order chi connectivity index (χ0) is 18.8. The van der Waals surface area contributed by atoms with Gasteiger partial charge in [0.2, 0.25) is 0 Å². The second kappa shape index (κ2) is 7.17. The van der Waals surface area contributed by atoms with Crippen LogP contribution < -0.4 is 5.32 Å². The molecule has 0 saturated heterocycles.